The van der Waals surface area contributed by atoms with Gasteiger partial charge >= 0.3 is 0 Å². The molecule has 4 saturated carbocycles. The Morgan fingerprint density at radius 3 is 2.09 bits per heavy atom. The monoisotopic (exact) mass is 478 g/mol. The molecule has 0 aliphatic heterocycles. The Kier molecular flexibility index (Phi) is 5.62. The normalized spacial score (nSPS) is 57.2. The zero-order chi connectivity index (χ0) is 26.0. The molecule has 5 aliphatic carbocycles. The van der Waals surface area contributed by atoms with Gasteiger partial charge in [0.15, 0.2) is 0 Å². The molecule has 0 bridgehead atoms. The number of hydrogen-bond donors (Lipinski definition) is 0. The molecule has 11 atom stereocenters. The lowest BCUT2D eigenvalue weighted by atomic mass is 9.32. The zero-order valence-electron chi connectivity index (χ0n) is 25.4. The summed E-state index contributed by atoms with van der Waals surface area (Å²) in [6, 6.07) is 0. The summed E-state index contributed by atoms with van der Waals surface area (Å²) in [5, 5.41) is 0. The fourth-order valence-corrected chi connectivity index (χ4v) is 12.2. The smallest absolute Gasteiger partial charge is 0.00564 e. The minimum Gasteiger partial charge on any atom is -0.0996 e. The molecule has 198 valence electrons. The molecule has 35 heavy (non-hydrogen) atoms. The number of allylic oxidation sites excluding steroid dienone is 3. The van der Waals surface area contributed by atoms with Crippen molar-refractivity contribution in [2.24, 2.45) is 68.0 Å². The Morgan fingerprint density at radius 1 is 0.829 bits per heavy atom. The lowest BCUT2D eigenvalue weighted by Crippen LogP contribution is -2.65. The highest BCUT2D eigenvalue weighted by molar-refractivity contribution is 5.35. The van der Waals surface area contributed by atoms with Crippen LogP contribution in [0.1, 0.15) is 128 Å². The maximum Gasteiger partial charge on any atom is -0.00564 e. The average Bonchev–Trinajstić information content (AvgIpc) is 2.76. The van der Waals surface area contributed by atoms with Crippen LogP contribution in [0.15, 0.2) is 23.8 Å². The molecule has 0 saturated heterocycles. The van der Waals surface area contributed by atoms with Crippen LogP contribution in [-0.2, 0) is 0 Å². The molecule has 0 N–H and O–H groups in total. The van der Waals surface area contributed by atoms with Crippen LogP contribution in [0.3, 0.4) is 0 Å². The Bertz CT molecular complexity index is 936. The van der Waals surface area contributed by atoms with Gasteiger partial charge in [-0.05, 0) is 126 Å². The van der Waals surface area contributed by atoms with Crippen molar-refractivity contribution in [3.8, 4) is 0 Å². The summed E-state index contributed by atoms with van der Waals surface area (Å²) in [7, 11) is 0. The van der Waals surface area contributed by atoms with E-state index >= 15 is 0 Å². The second-order valence-electron chi connectivity index (χ2n) is 16.7. The van der Waals surface area contributed by atoms with Crippen molar-refractivity contribution in [1.29, 1.82) is 0 Å². The van der Waals surface area contributed by atoms with Gasteiger partial charge in [0.05, 0.1) is 0 Å². The van der Waals surface area contributed by atoms with Crippen LogP contribution in [0.2, 0.25) is 0 Å². The van der Waals surface area contributed by atoms with Gasteiger partial charge in [-0.3, -0.25) is 0 Å². The van der Waals surface area contributed by atoms with Gasteiger partial charge < -0.3 is 0 Å². The molecule has 0 amide bonds. The molecule has 0 aromatic rings. The van der Waals surface area contributed by atoms with Gasteiger partial charge in [0.2, 0.25) is 0 Å². The van der Waals surface area contributed by atoms with Crippen molar-refractivity contribution in [3.63, 3.8) is 0 Å². The fourth-order valence-electron chi connectivity index (χ4n) is 12.2. The van der Waals surface area contributed by atoms with Crippen LogP contribution < -0.4 is 0 Å². The Hall–Kier alpha value is -0.520. The molecule has 0 radical (unpaired) electrons. The van der Waals surface area contributed by atoms with E-state index in [0.717, 1.165) is 29.6 Å². The first kappa shape index (κ1) is 26.1. The lowest BCUT2D eigenvalue weighted by molar-refractivity contribution is -0.202. The molecular formula is C35H58. The summed E-state index contributed by atoms with van der Waals surface area (Å²) in [6.07, 6.45) is 14.0. The largest absolute Gasteiger partial charge is 0.0996 e. The number of rotatable bonds is 1. The van der Waals surface area contributed by atoms with Gasteiger partial charge in [0.1, 0.15) is 0 Å². The van der Waals surface area contributed by atoms with Gasteiger partial charge in [-0.1, -0.05) is 93.0 Å². The van der Waals surface area contributed by atoms with Gasteiger partial charge in [0, 0.05) is 0 Å². The van der Waals surface area contributed by atoms with Gasteiger partial charge in [-0.2, -0.15) is 0 Å². The summed E-state index contributed by atoms with van der Waals surface area (Å²) in [5.74, 6) is 4.76. The van der Waals surface area contributed by atoms with Crippen molar-refractivity contribution in [2.45, 2.75) is 128 Å². The van der Waals surface area contributed by atoms with Crippen molar-refractivity contribution >= 4 is 0 Å². The molecular weight excluding hydrogens is 420 g/mol. The molecule has 5 aliphatic rings. The highest BCUT2D eigenvalue weighted by Gasteiger charge is 2.69. The molecule has 11 unspecified atom stereocenters. The lowest BCUT2D eigenvalue weighted by Gasteiger charge is -2.72. The topological polar surface area (TPSA) is 0 Å². The van der Waals surface area contributed by atoms with E-state index < -0.39 is 0 Å². The Balaban J connectivity index is 1.61. The third kappa shape index (κ3) is 3.04. The van der Waals surface area contributed by atoms with Crippen molar-refractivity contribution in [2.75, 3.05) is 0 Å². The Labute approximate surface area is 219 Å². The summed E-state index contributed by atoms with van der Waals surface area (Å²) in [6.45, 7) is 33.3. The van der Waals surface area contributed by atoms with Crippen LogP contribution >= 0.6 is 0 Å². The molecule has 0 heteroatoms. The van der Waals surface area contributed by atoms with Crippen LogP contribution in [0.25, 0.3) is 0 Å². The predicted molar refractivity (Wildman–Crippen MR) is 152 cm³/mol. The summed E-state index contributed by atoms with van der Waals surface area (Å²) in [5.41, 5.74) is 5.76. The second-order valence-corrected chi connectivity index (χ2v) is 16.7. The summed E-state index contributed by atoms with van der Waals surface area (Å²) < 4.78 is 0. The quantitative estimate of drug-likeness (QED) is 0.329. The van der Waals surface area contributed by atoms with E-state index in [1.165, 1.54) is 56.9 Å². The third-order valence-electron chi connectivity index (χ3n) is 15.4. The van der Waals surface area contributed by atoms with Crippen molar-refractivity contribution < 1.29 is 0 Å². The van der Waals surface area contributed by atoms with Gasteiger partial charge in [-0.25, -0.2) is 0 Å². The van der Waals surface area contributed by atoms with Crippen LogP contribution in [0.4, 0.5) is 0 Å². The fraction of sp³-hybridized carbons (Fsp3) is 0.886. The molecule has 0 spiro atoms. The highest BCUT2D eigenvalue weighted by atomic mass is 14.7. The van der Waals surface area contributed by atoms with E-state index in [9.17, 15) is 0 Å². The average molecular weight is 479 g/mol. The predicted octanol–water partition coefficient (Wildman–Crippen LogP) is 10.5. The van der Waals surface area contributed by atoms with Crippen molar-refractivity contribution in [1.82, 2.24) is 0 Å². The first-order valence-electron chi connectivity index (χ1n) is 15.4. The summed E-state index contributed by atoms with van der Waals surface area (Å²) in [4.78, 5) is 0. The van der Waals surface area contributed by atoms with E-state index in [4.69, 9.17) is 0 Å². The van der Waals surface area contributed by atoms with E-state index in [2.05, 4.69) is 88.8 Å². The molecule has 0 heterocycles. The van der Waals surface area contributed by atoms with E-state index in [0.29, 0.717) is 33.0 Å². The van der Waals surface area contributed by atoms with Crippen LogP contribution in [0.5, 0.6) is 0 Å². The maximum absolute atomic E-state index is 4.52. The Morgan fingerprint density at radius 2 is 1.46 bits per heavy atom. The number of hydrogen-bond acceptors (Lipinski definition) is 0. The first-order valence-corrected chi connectivity index (χ1v) is 15.4. The molecule has 4 fully saturated rings. The SMILES string of the molecule is C=C(C)C1(C)CCC2(C)CCC3(C)C(=CCC4C5(C)CC(C)C(C)C(C)(C)C5CCC43C)C2C1C. The van der Waals surface area contributed by atoms with E-state index in [-0.39, 0.29) is 5.41 Å². The minimum atomic E-state index is 0.281. The molecule has 0 aromatic carbocycles. The van der Waals surface area contributed by atoms with Gasteiger partial charge in [0.25, 0.3) is 0 Å². The van der Waals surface area contributed by atoms with Crippen molar-refractivity contribution in [3.05, 3.63) is 23.8 Å². The third-order valence-corrected chi connectivity index (χ3v) is 15.4. The molecule has 5 rings (SSSR count). The second kappa shape index (κ2) is 7.53. The maximum atomic E-state index is 4.52. The number of fused-ring (bicyclic) bond motifs is 7. The minimum absolute atomic E-state index is 0.281. The highest BCUT2D eigenvalue weighted by Crippen LogP contribution is 2.77. The first-order chi connectivity index (χ1) is 16.0. The summed E-state index contributed by atoms with van der Waals surface area (Å²) >= 11 is 0. The molecule has 0 nitrogen and oxygen atoms in total. The van der Waals surface area contributed by atoms with Crippen LogP contribution in [0, 0.1) is 68.0 Å². The standard InChI is InChI=1S/C35H58/c1-22(2)32(9)19-17-31(8)18-20-34(11)26(29(31)25(32)5)13-14-28-33(10)21-23(3)24(4)30(6,7)27(33)15-16-35(28,34)12/h13,23-25,27-29H,1,14-21H2,2-12H3. The van der Waals surface area contributed by atoms with Crippen LogP contribution in [-0.4, -0.2) is 0 Å². The van der Waals surface area contributed by atoms with E-state index in [1.54, 1.807) is 0 Å². The van der Waals surface area contributed by atoms with Gasteiger partial charge in [-0.15, -0.1) is 0 Å². The zero-order valence-corrected chi connectivity index (χ0v) is 25.4. The van der Waals surface area contributed by atoms with E-state index in [1.807, 2.05) is 5.57 Å². The molecule has 0 aromatic heterocycles.